The highest BCUT2D eigenvalue weighted by Crippen LogP contribution is 2.31. The summed E-state index contributed by atoms with van der Waals surface area (Å²) in [6.45, 7) is 1.97. The number of carbonyl (C=O) groups is 2. The Bertz CT molecular complexity index is 776. The lowest BCUT2D eigenvalue weighted by Gasteiger charge is -2.29. The molecule has 1 saturated carbocycles. The molecule has 2 aromatic rings. The van der Waals surface area contributed by atoms with Crippen LogP contribution in [0.3, 0.4) is 0 Å². The van der Waals surface area contributed by atoms with E-state index in [0.29, 0.717) is 5.69 Å². The van der Waals surface area contributed by atoms with Gasteiger partial charge in [-0.05, 0) is 44.0 Å². The first-order valence-corrected chi connectivity index (χ1v) is 10.3. The van der Waals surface area contributed by atoms with Crippen LogP contribution in [0.1, 0.15) is 31.4 Å². The van der Waals surface area contributed by atoms with E-state index in [1.54, 1.807) is 23.1 Å². The van der Waals surface area contributed by atoms with Gasteiger partial charge in [0.1, 0.15) is 0 Å². The number of aryl methyl sites for hydroxylation is 1. The first-order valence-electron chi connectivity index (χ1n) is 8.58. The summed E-state index contributed by atoms with van der Waals surface area (Å²) in [5, 5.41) is 7.73. The third-order valence-corrected chi connectivity index (χ3v) is 6.43. The van der Waals surface area contributed by atoms with E-state index in [4.69, 9.17) is 5.73 Å². The van der Waals surface area contributed by atoms with Gasteiger partial charge in [-0.25, -0.2) is 9.78 Å². The molecule has 0 spiro atoms. The molecule has 1 aromatic carbocycles. The Morgan fingerprint density at radius 1 is 1.23 bits per heavy atom. The number of rotatable bonds is 5. The summed E-state index contributed by atoms with van der Waals surface area (Å²) in [4.78, 5) is 29.3. The van der Waals surface area contributed by atoms with Gasteiger partial charge in [-0.15, -0.1) is 11.3 Å². The van der Waals surface area contributed by atoms with Crippen LogP contribution in [-0.2, 0) is 4.79 Å². The maximum Gasteiger partial charge on any atom is 0.319 e. The molecule has 1 heterocycles. The number of hydrogen-bond donors (Lipinski definition) is 3. The number of nitrogens with one attached hydrogen (secondary N) is 2. The SMILES string of the molecule is Cc1csc(Sc2ccc(NC(=O)N[C@H]3CCCC[C@@H]3C(N)=O)cc2)n1. The van der Waals surface area contributed by atoms with Gasteiger partial charge in [-0.1, -0.05) is 24.6 Å². The van der Waals surface area contributed by atoms with Crippen molar-refractivity contribution >= 4 is 40.7 Å². The average Bonchev–Trinajstić information content (AvgIpc) is 3.02. The molecule has 0 bridgehead atoms. The minimum atomic E-state index is -0.339. The Labute approximate surface area is 161 Å². The number of hydrogen-bond acceptors (Lipinski definition) is 5. The zero-order valence-electron chi connectivity index (χ0n) is 14.5. The first kappa shape index (κ1) is 18.7. The van der Waals surface area contributed by atoms with Crippen LogP contribution in [0.5, 0.6) is 0 Å². The second-order valence-corrected chi connectivity index (χ2v) is 8.56. The molecule has 0 aliphatic heterocycles. The number of urea groups is 1. The number of nitrogens with two attached hydrogens (primary N) is 1. The number of nitrogens with zero attached hydrogens (tertiary/aromatic N) is 1. The van der Waals surface area contributed by atoms with Gasteiger partial charge < -0.3 is 16.4 Å². The molecule has 0 saturated heterocycles. The maximum absolute atomic E-state index is 12.2. The van der Waals surface area contributed by atoms with Crippen molar-refractivity contribution < 1.29 is 9.59 Å². The summed E-state index contributed by atoms with van der Waals surface area (Å²) in [5.74, 6) is -0.621. The smallest absolute Gasteiger partial charge is 0.319 e. The lowest BCUT2D eigenvalue weighted by atomic mass is 9.84. The molecule has 6 nitrogen and oxygen atoms in total. The van der Waals surface area contributed by atoms with Crippen molar-refractivity contribution in [3.8, 4) is 0 Å². The van der Waals surface area contributed by atoms with Crippen molar-refractivity contribution in [2.24, 2.45) is 11.7 Å². The largest absolute Gasteiger partial charge is 0.369 e. The van der Waals surface area contributed by atoms with Crippen molar-refractivity contribution in [2.75, 3.05) is 5.32 Å². The molecule has 4 N–H and O–H groups in total. The van der Waals surface area contributed by atoms with E-state index < -0.39 is 0 Å². The summed E-state index contributed by atoms with van der Waals surface area (Å²) < 4.78 is 0.996. The van der Waals surface area contributed by atoms with E-state index >= 15 is 0 Å². The van der Waals surface area contributed by atoms with Crippen LogP contribution in [0.25, 0.3) is 0 Å². The molecule has 0 radical (unpaired) electrons. The van der Waals surface area contributed by atoms with Crippen LogP contribution in [0, 0.1) is 12.8 Å². The second kappa shape index (κ2) is 8.55. The summed E-state index contributed by atoms with van der Waals surface area (Å²) >= 11 is 3.21. The molecular formula is C18H22N4O2S2. The number of primary amides is 1. The third-order valence-electron chi connectivity index (χ3n) is 4.36. The van der Waals surface area contributed by atoms with Crippen LogP contribution in [0.2, 0.25) is 0 Å². The zero-order chi connectivity index (χ0) is 18.5. The van der Waals surface area contributed by atoms with Gasteiger partial charge in [0.2, 0.25) is 5.91 Å². The van der Waals surface area contributed by atoms with Gasteiger partial charge in [0, 0.05) is 27.7 Å². The Morgan fingerprint density at radius 3 is 2.62 bits per heavy atom. The number of thiazole rings is 1. The number of benzene rings is 1. The van der Waals surface area contributed by atoms with E-state index in [1.165, 1.54) is 0 Å². The fourth-order valence-corrected chi connectivity index (χ4v) is 4.88. The molecule has 1 aromatic heterocycles. The number of anilines is 1. The van der Waals surface area contributed by atoms with Gasteiger partial charge in [-0.3, -0.25) is 4.79 Å². The fraction of sp³-hybridized carbons (Fsp3) is 0.389. The predicted octanol–water partition coefficient (Wildman–Crippen LogP) is 3.77. The topological polar surface area (TPSA) is 97.1 Å². The minimum absolute atomic E-state index is 0.191. The molecule has 1 aliphatic rings. The second-order valence-electron chi connectivity index (χ2n) is 6.38. The quantitative estimate of drug-likeness (QED) is 0.724. The number of amides is 3. The standard InChI is InChI=1S/C18H22N4O2S2/c1-11-10-25-18(20-11)26-13-8-6-12(7-9-13)21-17(24)22-15-5-3-2-4-14(15)16(19)23/h6-10,14-15H,2-5H2,1H3,(H2,19,23)(H2,21,22,24)/t14-,15-/m0/s1. The highest BCUT2D eigenvalue weighted by atomic mass is 32.2. The van der Waals surface area contributed by atoms with Crippen LogP contribution in [0.15, 0.2) is 38.9 Å². The summed E-state index contributed by atoms with van der Waals surface area (Å²) in [7, 11) is 0. The molecule has 26 heavy (non-hydrogen) atoms. The van der Waals surface area contributed by atoms with Crippen molar-refractivity contribution in [1.29, 1.82) is 0 Å². The molecule has 2 atom stereocenters. The van der Waals surface area contributed by atoms with E-state index in [2.05, 4.69) is 15.6 Å². The Kier molecular flexibility index (Phi) is 6.16. The monoisotopic (exact) mass is 390 g/mol. The summed E-state index contributed by atoms with van der Waals surface area (Å²) in [5.41, 5.74) is 7.17. The Morgan fingerprint density at radius 2 is 1.96 bits per heavy atom. The van der Waals surface area contributed by atoms with Crippen molar-refractivity contribution in [3.05, 3.63) is 35.3 Å². The fourth-order valence-electron chi connectivity index (χ4n) is 3.07. The lowest BCUT2D eigenvalue weighted by Crippen LogP contribution is -2.48. The van der Waals surface area contributed by atoms with Gasteiger partial charge in [0.25, 0.3) is 0 Å². The Hall–Kier alpha value is -2.06. The van der Waals surface area contributed by atoms with E-state index in [1.807, 2.05) is 36.6 Å². The highest BCUT2D eigenvalue weighted by molar-refractivity contribution is 8.01. The van der Waals surface area contributed by atoms with Gasteiger partial charge in [-0.2, -0.15) is 0 Å². The molecule has 3 amide bonds. The number of aromatic nitrogens is 1. The Balaban J connectivity index is 1.54. The van der Waals surface area contributed by atoms with Gasteiger partial charge in [0.05, 0.1) is 5.92 Å². The molecule has 138 valence electrons. The van der Waals surface area contributed by atoms with E-state index in [9.17, 15) is 9.59 Å². The van der Waals surface area contributed by atoms with Crippen LogP contribution >= 0.6 is 23.1 Å². The van der Waals surface area contributed by atoms with Crippen molar-refractivity contribution in [3.63, 3.8) is 0 Å². The summed E-state index contributed by atoms with van der Waals surface area (Å²) in [6, 6.07) is 7.11. The lowest BCUT2D eigenvalue weighted by molar-refractivity contribution is -0.123. The van der Waals surface area contributed by atoms with Crippen LogP contribution in [-0.4, -0.2) is 23.0 Å². The van der Waals surface area contributed by atoms with Crippen molar-refractivity contribution in [2.45, 2.75) is 47.9 Å². The van der Waals surface area contributed by atoms with Crippen molar-refractivity contribution in [1.82, 2.24) is 10.3 Å². The minimum Gasteiger partial charge on any atom is -0.369 e. The van der Waals surface area contributed by atoms with Gasteiger partial charge in [0.15, 0.2) is 4.34 Å². The van der Waals surface area contributed by atoms with Crippen LogP contribution < -0.4 is 16.4 Å². The van der Waals surface area contributed by atoms with Crippen LogP contribution in [0.4, 0.5) is 10.5 Å². The highest BCUT2D eigenvalue weighted by Gasteiger charge is 2.30. The molecular weight excluding hydrogens is 368 g/mol. The normalized spacial score (nSPS) is 19.7. The van der Waals surface area contributed by atoms with E-state index in [-0.39, 0.29) is 23.9 Å². The van der Waals surface area contributed by atoms with Gasteiger partial charge >= 0.3 is 6.03 Å². The first-order chi connectivity index (χ1) is 12.5. The number of carbonyl (C=O) groups excluding carboxylic acids is 2. The molecule has 1 aliphatic carbocycles. The third kappa shape index (κ3) is 4.98. The summed E-state index contributed by atoms with van der Waals surface area (Å²) in [6.07, 6.45) is 3.49. The molecule has 8 heteroatoms. The maximum atomic E-state index is 12.2. The molecule has 0 unspecified atom stereocenters. The predicted molar refractivity (Wildman–Crippen MR) is 105 cm³/mol. The molecule has 1 fully saturated rings. The average molecular weight is 391 g/mol. The zero-order valence-corrected chi connectivity index (χ0v) is 16.2. The van der Waals surface area contributed by atoms with E-state index in [0.717, 1.165) is 40.6 Å². The molecule has 3 rings (SSSR count).